The Hall–Kier alpha value is -0.250. The Morgan fingerprint density at radius 2 is 2.67 bits per heavy atom. The van der Waals surface area contributed by atoms with E-state index in [-0.39, 0.29) is 12.2 Å². The van der Waals surface area contributed by atoms with Gasteiger partial charge in [0.25, 0.3) is 0 Å². The third-order valence-corrected chi connectivity index (χ3v) is 1.64. The monoisotopic (exact) mass is 193 g/mol. The Labute approximate surface area is 61.9 Å². The summed E-state index contributed by atoms with van der Waals surface area (Å²) in [7, 11) is 0. The molecule has 0 aromatic carbocycles. The molecular formula is C5H8BrNO2. The van der Waals surface area contributed by atoms with Gasteiger partial charge in [0.1, 0.15) is 6.10 Å². The minimum absolute atomic E-state index is 0.0804. The van der Waals surface area contributed by atoms with Gasteiger partial charge < -0.3 is 10.1 Å². The van der Waals surface area contributed by atoms with Gasteiger partial charge in [-0.25, -0.2) is 4.79 Å². The number of cyclic esters (lactones) is 1. The van der Waals surface area contributed by atoms with E-state index in [2.05, 4.69) is 21.2 Å². The standard InChI is InChI=1S/C5H8BrNO2/c6-2-1-4-3-7-5(8)9-4/h4H,1-3H2,(H,7,8). The van der Waals surface area contributed by atoms with Gasteiger partial charge in [-0.15, -0.1) is 0 Å². The molecule has 1 unspecified atom stereocenters. The van der Waals surface area contributed by atoms with Crippen LogP contribution in [0.2, 0.25) is 0 Å². The molecular weight excluding hydrogens is 186 g/mol. The van der Waals surface area contributed by atoms with E-state index in [0.717, 1.165) is 11.8 Å². The fraction of sp³-hybridized carbons (Fsp3) is 0.800. The van der Waals surface area contributed by atoms with E-state index < -0.39 is 0 Å². The first-order valence-corrected chi connectivity index (χ1v) is 3.95. The van der Waals surface area contributed by atoms with Crippen molar-refractivity contribution in [2.24, 2.45) is 0 Å². The van der Waals surface area contributed by atoms with Crippen molar-refractivity contribution < 1.29 is 9.53 Å². The van der Waals surface area contributed by atoms with Gasteiger partial charge in [-0.2, -0.15) is 0 Å². The zero-order valence-corrected chi connectivity index (χ0v) is 6.48. The molecule has 1 heterocycles. The molecule has 0 bridgehead atoms. The Morgan fingerprint density at radius 1 is 1.89 bits per heavy atom. The van der Waals surface area contributed by atoms with Crippen LogP contribution in [0.5, 0.6) is 0 Å². The summed E-state index contributed by atoms with van der Waals surface area (Å²) >= 11 is 3.26. The van der Waals surface area contributed by atoms with Crippen molar-refractivity contribution in [1.29, 1.82) is 0 Å². The van der Waals surface area contributed by atoms with Crippen LogP contribution in [0.15, 0.2) is 0 Å². The van der Waals surface area contributed by atoms with Crippen LogP contribution < -0.4 is 5.32 Å². The average Bonchev–Trinajstić information content (AvgIpc) is 2.17. The molecule has 1 rings (SSSR count). The first-order chi connectivity index (χ1) is 4.33. The van der Waals surface area contributed by atoms with Crippen LogP contribution in [-0.2, 0) is 4.74 Å². The molecule has 1 aliphatic heterocycles. The number of alkyl halides is 1. The van der Waals surface area contributed by atoms with Crippen LogP contribution in [0, 0.1) is 0 Å². The SMILES string of the molecule is O=C1NCC(CCBr)O1. The normalized spacial score (nSPS) is 25.4. The second-order valence-corrected chi connectivity index (χ2v) is 2.68. The van der Waals surface area contributed by atoms with Crippen LogP contribution in [0.3, 0.4) is 0 Å². The van der Waals surface area contributed by atoms with E-state index in [1.54, 1.807) is 0 Å². The highest BCUT2D eigenvalue weighted by atomic mass is 79.9. The lowest BCUT2D eigenvalue weighted by Crippen LogP contribution is -2.14. The summed E-state index contributed by atoms with van der Waals surface area (Å²) < 4.78 is 4.82. The average molecular weight is 194 g/mol. The largest absolute Gasteiger partial charge is 0.444 e. The van der Waals surface area contributed by atoms with Crippen molar-refractivity contribution in [3.05, 3.63) is 0 Å². The van der Waals surface area contributed by atoms with E-state index in [1.165, 1.54) is 0 Å². The minimum Gasteiger partial charge on any atom is -0.444 e. The first kappa shape index (κ1) is 6.86. The van der Waals surface area contributed by atoms with Gasteiger partial charge >= 0.3 is 6.09 Å². The molecule has 1 amide bonds. The number of amides is 1. The fourth-order valence-electron chi connectivity index (χ4n) is 0.715. The Kier molecular flexibility index (Phi) is 2.33. The van der Waals surface area contributed by atoms with Crippen LogP contribution in [0.4, 0.5) is 4.79 Å². The Balaban J connectivity index is 2.22. The molecule has 0 aliphatic carbocycles. The number of rotatable bonds is 2. The number of alkyl carbamates (subject to hydrolysis) is 1. The van der Waals surface area contributed by atoms with Gasteiger partial charge in [-0.05, 0) is 6.42 Å². The summed E-state index contributed by atoms with van der Waals surface area (Å²) in [5, 5.41) is 3.45. The number of halogens is 1. The molecule has 0 aromatic rings. The van der Waals surface area contributed by atoms with Crippen LogP contribution in [0.1, 0.15) is 6.42 Å². The summed E-state index contributed by atoms with van der Waals surface area (Å²) in [5.74, 6) is 0. The fourth-order valence-corrected chi connectivity index (χ4v) is 1.23. The summed E-state index contributed by atoms with van der Waals surface area (Å²) in [6, 6.07) is 0. The first-order valence-electron chi connectivity index (χ1n) is 2.83. The molecule has 9 heavy (non-hydrogen) atoms. The molecule has 3 nitrogen and oxygen atoms in total. The molecule has 1 atom stereocenters. The lowest BCUT2D eigenvalue weighted by molar-refractivity contribution is 0.139. The Morgan fingerprint density at radius 3 is 3.11 bits per heavy atom. The molecule has 4 heteroatoms. The predicted octanol–water partition coefficient (Wildman–Crippen LogP) is 0.880. The van der Waals surface area contributed by atoms with E-state index in [9.17, 15) is 4.79 Å². The van der Waals surface area contributed by atoms with Crippen molar-refractivity contribution in [3.8, 4) is 0 Å². The third kappa shape index (κ3) is 1.86. The van der Waals surface area contributed by atoms with Gasteiger partial charge in [0.05, 0.1) is 6.54 Å². The van der Waals surface area contributed by atoms with Crippen LogP contribution in [0.25, 0.3) is 0 Å². The van der Waals surface area contributed by atoms with Crippen molar-refractivity contribution in [2.75, 3.05) is 11.9 Å². The Bertz CT molecular complexity index is 118. The molecule has 1 fully saturated rings. The zero-order chi connectivity index (χ0) is 6.69. The van der Waals surface area contributed by atoms with Crippen molar-refractivity contribution in [1.82, 2.24) is 5.32 Å². The molecule has 0 spiro atoms. The van der Waals surface area contributed by atoms with Gasteiger partial charge in [-0.3, -0.25) is 0 Å². The number of nitrogens with one attached hydrogen (secondary N) is 1. The molecule has 1 aliphatic rings. The van der Waals surface area contributed by atoms with Gasteiger partial charge in [0.2, 0.25) is 0 Å². The van der Waals surface area contributed by atoms with Crippen molar-refractivity contribution in [3.63, 3.8) is 0 Å². The smallest absolute Gasteiger partial charge is 0.407 e. The summed E-state index contributed by atoms with van der Waals surface area (Å²) in [6.45, 7) is 0.657. The van der Waals surface area contributed by atoms with Gasteiger partial charge in [0.15, 0.2) is 0 Å². The molecule has 0 saturated carbocycles. The van der Waals surface area contributed by atoms with Crippen molar-refractivity contribution in [2.45, 2.75) is 12.5 Å². The number of carbonyl (C=O) groups excluding carboxylic acids is 1. The number of ether oxygens (including phenoxy) is 1. The molecule has 0 radical (unpaired) electrons. The van der Waals surface area contributed by atoms with E-state index in [0.29, 0.717) is 6.54 Å². The lowest BCUT2D eigenvalue weighted by Gasteiger charge is -2.01. The van der Waals surface area contributed by atoms with E-state index in [4.69, 9.17) is 4.74 Å². The summed E-state index contributed by atoms with van der Waals surface area (Å²) in [5.41, 5.74) is 0. The lowest BCUT2D eigenvalue weighted by atomic mass is 10.3. The van der Waals surface area contributed by atoms with Crippen molar-refractivity contribution >= 4 is 22.0 Å². The van der Waals surface area contributed by atoms with Crippen LogP contribution >= 0.6 is 15.9 Å². The topological polar surface area (TPSA) is 38.3 Å². The quantitative estimate of drug-likeness (QED) is 0.662. The molecule has 1 N–H and O–H groups in total. The van der Waals surface area contributed by atoms with E-state index >= 15 is 0 Å². The maximum Gasteiger partial charge on any atom is 0.407 e. The highest BCUT2D eigenvalue weighted by molar-refractivity contribution is 9.09. The summed E-state index contributed by atoms with van der Waals surface area (Å²) in [6.07, 6.45) is 0.677. The zero-order valence-electron chi connectivity index (χ0n) is 4.89. The highest BCUT2D eigenvalue weighted by Gasteiger charge is 2.20. The highest BCUT2D eigenvalue weighted by Crippen LogP contribution is 2.05. The maximum atomic E-state index is 10.4. The van der Waals surface area contributed by atoms with Gasteiger partial charge in [0, 0.05) is 5.33 Å². The second-order valence-electron chi connectivity index (χ2n) is 1.89. The minimum atomic E-state index is -0.291. The number of hydrogen-bond donors (Lipinski definition) is 1. The number of hydrogen-bond acceptors (Lipinski definition) is 2. The molecule has 1 saturated heterocycles. The van der Waals surface area contributed by atoms with E-state index in [1.807, 2.05) is 0 Å². The predicted molar refractivity (Wildman–Crippen MR) is 36.7 cm³/mol. The number of carbonyl (C=O) groups is 1. The second kappa shape index (κ2) is 3.06. The summed E-state index contributed by atoms with van der Waals surface area (Å²) in [4.78, 5) is 10.4. The maximum absolute atomic E-state index is 10.4. The molecule has 0 aromatic heterocycles. The molecule has 52 valence electrons. The van der Waals surface area contributed by atoms with Gasteiger partial charge in [-0.1, -0.05) is 15.9 Å². The third-order valence-electron chi connectivity index (χ3n) is 1.18. The van der Waals surface area contributed by atoms with Crippen LogP contribution in [-0.4, -0.2) is 24.1 Å².